The molecule has 1 heterocycles. The topological polar surface area (TPSA) is 70.4 Å². The second-order valence-electron chi connectivity index (χ2n) is 2.18. The van der Waals surface area contributed by atoms with Crippen LogP contribution in [0.5, 0.6) is 0 Å². The Labute approximate surface area is 64.1 Å². The van der Waals surface area contributed by atoms with Gasteiger partial charge in [-0.05, 0) is 11.6 Å². The SMILES string of the molecule is O=P(O)(O)Cc1cccnc1. The van der Waals surface area contributed by atoms with Crippen LogP contribution in [0.4, 0.5) is 0 Å². The molecule has 4 nitrogen and oxygen atoms in total. The molecule has 0 unspecified atom stereocenters. The lowest BCUT2D eigenvalue weighted by Crippen LogP contribution is -1.86. The predicted octanol–water partition coefficient (Wildman–Crippen LogP) is 0.759. The summed E-state index contributed by atoms with van der Waals surface area (Å²) >= 11 is 0. The summed E-state index contributed by atoms with van der Waals surface area (Å²) in [6.07, 6.45) is 2.77. The average Bonchev–Trinajstić information content (AvgIpc) is 1.85. The van der Waals surface area contributed by atoms with Gasteiger partial charge in [-0.1, -0.05) is 6.07 Å². The Kier molecular flexibility index (Phi) is 2.39. The minimum absolute atomic E-state index is 0.235. The molecule has 1 aromatic rings. The van der Waals surface area contributed by atoms with E-state index in [9.17, 15) is 4.57 Å². The molecule has 0 aromatic carbocycles. The van der Waals surface area contributed by atoms with E-state index < -0.39 is 7.60 Å². The van der Waals surface area contributed by atoms with Gasteiger partial charge < -0.3 is 9.79 Å². The fourth-order valence-corrected chi connectivity index (χ4v) is 1.39. The first kappa shape index (κ1) is 8.40. The first-order valence-corrected chi connectivity index (χ1v) is 4.81. The maximum absolute atomic E-state index is 10.5. The van der Waals surface area contributed by atoms with E-state index in [-0.39, 0.29) is 6.16 Å². The van der Waals surface area contributed by atoms with Crippen LogP contribution in [-0.2, 0) is 10.7 Å². The third kappa shape index (κ3) is 3.28. The molecule has 0 amide bonds. The van der Waals surface area contributed by atoms with Crippen LogP contribution in [-0.4, -0.2) is 14.8 Å². The number of rotatable bonds is 2. The number of nitrogens with zero attached hydrogens (tertiary/aromatic N) is 1. The number of hydrogen-bond acceptors (Lipinski definition) is 2. The van der Waals surface area contributed by atoms with Gasteiger partial charge in [0.1, 0.15) is 0 Å². The zero-order valence-electron chi connectivity index (χ0n) is 5.71. The third-order valence-corrected chi connectivity index (χ3v) is 1.89. The van der Waals surface area contributed by atoms with Crippen LogP contribution in [0.3, 0.4) is 0 Å². The zero-order chi connectivity index (χ0) is 8.32. The molecular weight excluding hydrogens is 165 g/mol. The van der Waals surface area contributed by atoms with Gasteiger partial charge in [-0.2, -0.15) is 0 Å². The highest BCUT2D eigenvalue weighted by atomic mass is 31.2. The van der Waals surface area contributed by atoms with Gasteiger partial charge in [-0.3, -0.25) is 9.55 Å². The molecule has 1 rings (SSSR count). The van der Waals surface area contributed by atoms with Gasteiger partial charge in [0.2, 0.25) is 0 Å². The van der Waals surface area contributed by atoms with Crippen molar-refractivity contribution in [1.29, 1.82) is 0 Å². The molecule has 2 N–H and O–H groups in total. The van der Waals surface area contributed by atoms with Crippen molar-refractivity contribution < 1.29 is 14.4 Å². The smallest absolute Gasteiger partial charge is 0.324 e. The van der Waals surface area contributed by atoms with Crippen LogP contribution in [0, 0.1) is 0 Å². The Balaban J connectivity index is 2.74. The second kappa shape index (κ2) is 3.13. The molecule has 0 saturated heterocycles. The fraction of sp³-hybridized carbons (Fsp3) is 0.167. The molecule has 0 aliphatic carbocycles. The highest BCUT2D eigenvalue weighted by molar-refractivity contribution is 7.50. The summed E-state index contributed by atoms with van der Waals surface area (Å²) in [5.41, 5.74) is 0.556. The molecule has 0 saturated carbocycles. The van der Waals surface area contributed by atoms with E-state index in [1.807, 2.05) is 0 Å². The predicted molar refractivity (Wildman–Crippen MR) is 40.0 cm³/mol. The Morgan fingerprint density at radius 2 is 2.27 bits per heavy atom. The average molecular weight is 173 g/mol. The molecule has 1 aromatic heterocycles. The van der Waals surface area contributed by atoms with E-state index in [1.165, 1.54) is 6.20 Å². The molecule has 0 atom stereocenters. The molecule has 0 fully saturated rings. The van der Waals surface area contributed by atoms with Crippen molar-refractivity contribution in [1.82, 2.24) is 4.98 Å². The summed E-state index contributed by atoms with van der Waals surface area (Å²) in [6.45, 7) is 0. The molecule has 0 radical (unpaired) electrons. The van der Waals surface area contributed by atoms with Crippen LogP contribution >= 0.6 is 7.60 Å². The van der Waals surface area contributed by atoms with Crippen molar-refractivity contribution in [3.63, 3.8) is 0 Å². The summed E-state index contributed by atoms with van der Waals surface area (Å²) in [7, 11) is -3.93. The maximum atomic E-state index is 10.5. The summed E-state index contributed by atoms with van der Waals surface area (Å²) in [6, 6.07) is 3.27. The van der Waals surface area contributed by atoms with Crippen LogP contribution < -0.4 is 0 Å². The van der Waals surface area contributed by atoms with Gasteiger partial charge in [0, 0.05) is 12.4 Å². The molecule has 0 bridgehead atoms. The first-order valence-electron chi connectivity index (χ1n) is 3.01. The van der Waals surface area contributed by atoms with E-state index in [1.54, 1.807) is 18.3 Å². The summed E-state index contributed by atoms with van der Waals surface area (Å²) in [5.74, 6) is 0. The number of aromatic nitrogens is 1. The number of hydrogen-bond donors (Lipinski definition) is 2. The standard InChI is InChI=1S/C6H8NO3P/c8-11(9,10)5-6-2-1-3-7-4-6/h1-4H,5H2,(H2,8,9,10). The van der Waals surface area contributed by atoms with Crippen LogP contribution in [0.15, 0.2) is 24.5 Å². The zero-order valence-corrected chi connectivity index (χ0v) is 6.61. The van der Waals surface area contributed by atoms with Crippen molar-refractivity contribution in [3.8, 4) is 0 Å². The molecule has 60 valence electrons. The van der Waals surface area contributed by atoms with Gasteiger partial charge in [-0.15, -0.1) is 0 Å². The normalized spacial score (nSPS) is 11.5. The molecule has 0 aliphatic heterocycles. The largest absolute Gasteiger partial charge is 0.329 e. The monoisotopic (exact) mass is 173 g/mol. The maximum Gasteiger partial charge on any atom is 0.329 e. The van der Waals surface area contributed by atoms with Crippen molar-refractivity contribution in [2.75, 3.05) is 0 Å². The lowest BCUT2D eigenvalue weighted by molar-refractivity contribution is 0.371. The molecule has 0 spiro atoms. The van der Waals surface area contributed by atoms with E-state index in [0.29, 0.717) is 5.56 Å². The third-order valence-electron chi connectivity index (χ3n) is 1.11. The molecule has 11 heavy (non-hydrogen) atoms. The first-order chi connectivity index (χ1) is 5.08. The van der Waals surface area contributed by atoms with Crippen LogP contribution in [0.1, 0.15) is 5.56 Å². The van der Waals surface area contributed by atoms with Crippen molar-refractivity contribution in [2.45, 2.75) is 6.16 Å². The number of pyridine rings is 1. The van der Waals surface area contributed by atoms with E-state index >= 15 is 0 Å². The van der Waals surface area contributed by atoms with Crippen molar-refractivity contribution in [3.05, 3.63) is 30.1 Å². The highest BCUT2D eigenvalue weighted by Crippen LogP contribution is 2.38. The van der Waals surface area contributed by atoms with Crippen LogP contribution in [0.2, 0.25) is 0 Å². The van der Waals surface area contributed by atoms with Gasteiger partial charge in [0.05, 0.1) is 6.16 Å². The highest BCUT2D eigenvalue weighted by Gasteiger charge is 2.12. The Hall–Kier alpha value is -0.700. The Bertz CT molecular complexity index is 268. The van der Waals surface area contributed by atoms with Crippen molar-refractivity contribution >= 4 is 7.60 Å². The van der Waals surface area contributed by atoms with Gasteiger partial charge in [0.15, 0.2) is 0 Å². The second-order valence-corrected chi connectivity index (χ2v) is 3.83. The van der Waals surface area contributed by atoms with Crippen molar-refractivity contribution in [2.24, 2.45) is 0 Å². The van der Waals surface area contributed by atoms with Gasteiger partial charge in [-0.25, -0.2) is 0 Å². The van der Waals surface area contributed by atoms with Crippen LogP contribution in [0.25, 0.3) is 0 Å². The lowest BCUT2D eigenvalue weighted by Gasteiger charge is -2.01. The summed E-state index contributed by atoms with van der Waals surface area (Å²) < 4.78 is 10.5. The molecule has 5 heteroatoms. The summed E-state index contributed by atoms with van der Waals surface area (Å²) in [5, 5.41) is 0. The molecule has 0 aliphatic rings. The van der Waals surface area contributed by atoms with Gasteiger partial charge >= 0.3 is 7.60 Å². The fourth-order valence-electron chi connectivity index (χ4n) is 0.729. The van der Waals surface area contributed by atoms with E-state index in [2.05, 4.69) is 4.98 Å². The minimum Gasteiger partial charge on any atom is -0.324 e. The van der Waals surface area contributed by atoms with Gasteiger partial charge in [0.25, 0.3) is 0 Å². The Morgan fingerprint density at radius 3 is 2.73 bits per heavy atom. The summed E-state index contributed by atoms with van der Waals surface area (Å²) in [4.78, 5) is 20.8. The Morgan fingerprint density at radius 1 is 1.55 bits per heavy atom. The quantitative estimate of drug-likeness (QED) is 0.647. The van der Waals surface area contributed by atoms with E-state index in [4.69, 9.17) is 9.79 Å². The molecular formula is C6H8NO3P. The minimum atomic E-state index is -3.93. The van der Waals surface area contributed by atoms with E-state index in [0.717, 1.165) is 0 Å². The lowest BCUT2D eigenvalue weighted by atomic mass is 10.3.